The van der Waals surface area contributed by atoms with E-state index in [4.69, 9.17) is 4.74 Å². The second-order valence-electron chi connectivity index (χ2n) is 9.71. The van der Waals surface area contributed by atoms with Crippen LogP contribution in [0, 0.1) is 6.92 Å². The first-order valence-corrected chi connectivity index (χ1v) is 12.3. The van der Waals surface area contributed by atoms with Crippen molar-refractivity contribution < 1.29 is 23.9 Å². The Morgan fingerprint density at radius 3 is 2.49 bits per heavy atom. The standard InChI is InChI=1S/C28H30N2O5/c1-18-15-19(6-8-21(18)17-29-11-13-35-14-12-29)5-7-20-3-2-4-23-26(20)28(34)30(27(23)33)24-10-9-22(31)16-25(24)32/h2-4,6,8,15,24H,5,7,9-14,16-17H2,1H3. The van der Waals surface area contributed by atoms with Gasteiger partial charge in [-0.15, -0.1) is 0 Å². The van der Waals surface area contributed by atoms with Gasteiger partial charge >= 0.3 is 0 Å². The number of ether oxygens (including phenoxy) is 1. The number of hydrogen-bond acceptors (Lipinski definition) is 6. The predicted octanol–water partition coefficient (Wildman–Crippen LogP) is 2.90. The van der Waals surface area contributed by atoms with Crippen LogP contribution < -0.4 is 0 Å². The van der Waals surface area contributed by atoms with Crippen molar-refractivity contribution >= 4 is 23.4 Å². The van der Waals surface area contributed by atoms with Gasteiger partial charge in [0.15, 0.2) is 5.78 Å². The minimum absolute atomic E-state index is 0.130. The molecule has 0 aromatic heterocycles. The predicted molar refractivity (Wildman–Crippen MR) is 129 cm³/mol. The van der Waals surface area contributed by atoms with Crippen molar-refractivity contribution in [2.45, 2.75) is 51.6 Å². The lowest BCUT2D eigenvalue weighted by Gasteiger charge is -2.27. The fraction of sp³-hybridized carbons (Fsp3) is 0.429. The third-order valence-electron chi connectivity index (χ3n) is 7.37. The molecule has 0 radical (unpaired) electrons. The van der Waals surface area contributed by atoms with Crippen LogP contribution in [0.3, 0.4) is 0 Å². The number of nitrogens with zero attached hydrogens (tertiary/aromatic N) is 2. The van der Waals surface area contributed by atoms with Crippen molar-refractivity contribution in [2.75, 3.05) is 26.3 Å². The summed E-state index contributed by atoms with van der Waals surface area (Å²) in [6.45, 7) is 6.51. The Morgan fingerprint density at radius 1 is 0.943 bits per heavy atom. The molecule has 1 saturated heterocycles. The molecule has 182 valence electrons. The molecule has 0 spiro atoms. The molecule has 35 heavy (non-hydrogen) atoms. The molecule has 2 aliphatic heterocycles. The Labute approximate surface area is 205 Å². The number of Topliss-reactive ketones (excluding diaryl/α,β-unsaturated/α-hetero) is 2. The first kappa shape index (κ1) is 23.6. The summed E-state index contributed by atoms with van der Waals surface area (Å²) < 4.78 is 5.44. The number of carbonyl (C=O) groups is 4. The van der Waals surface area contributed by atoms with Crippen molar-refractivity contribution in [3.8, 4) is 0 Å². The highest BCUT2D eigenvalue weighted by Crippen LogP contribution is 2.31. The molecule has 1 saturated carbocycles. The largest absolute Gasteiger partial charge is 0.379 e. The molecule has 2 fully saturated rings. The molecule has 0 N–H and O–H groups in total. The van der Waals surface area contributed by atoms with E-state index in [1.807, 2.05) is 6.07 Å². The van der Waals surface area contributed by atoms with E-state index in [9.17, 15) is 19.2 Å². The first-order valence-electron chi connectivity index (χ1n) is 12.3. The molecule has 1 unspecified atom stereocenters. The van der Waals surface area contributed by atoms with Crippen LogP contribution in [0.1, 0.15) is 62.2 Å². The zero-order valence-electron chi connectivity index (χ0n) is 20.0. The Balaban J connectivity index is 1.30. The van der Waals surface area contributed by atoms with Gasteiger partial charge in [0.05, 0.1) is 36.8 Å². The number of ketones is 2. The van der Waals surface area contributed by atoms with Crippen LogP contribution in [0.4, 0.5) is 0 Å². The molecule has 7 heteroatoms. The summed E-state index contributed by atoms with van der Waals surface area (Å²) in [6.07, 6.45) is 1.60. The summed E-state index contributed by atoms with van der Waals surface area (Å²) in [4.78, 5) is 53.9. The van der Waals surface area contributed by atoms with Gasteiger partial charge in [-0.25, -0.2) is 0 Å². The van der Waals surface area contributed by atoms with Crippen molar-refractivity contribution in [2.24, 2.45) is 0 Å². The van der Waals surface area contributed by atoms with E-state index in [0.29, 0.717) is 17.5 Å². The first-order chi connectivity index (χ1) is 16.9. The van der Waals surface area contributed by atoms with Crippen molar-refractivity contribution in [3.05, 3.63) is 69.8 Å². The van der Waals surface area contributed by atoms with Gasteiger partial charge in [-0.05, 0) is 54.5 Å². The molecular formula is C28H30N2O5. The maximum atomic E-state index is 13.3. The van der Waals surface area contributed by atoms with Gasteiger partial charge in [-0.3, -0.25) is 29.0 Å². The van der Waals surface area contributed by atoms with E-state index in [1.165, 1.54) is 16.7 Å². The number of rotatable bonds is 6. The number of hydrogen-bond donors (Lipinski definition) is 0. The fourth-order valence-corrected chi connectivity index (χ4v) is 5.37. The number of fused-ring (bicyclic) bond motifs is 1. The van der Waals surface area contributed by atoms with Crippen molar-refractivity contribution in [1.82, 2.24) is 9.80 Å². The molecule has 1 aliphatic carbocycles. The van der Waals surface area contributed by atoms with E-state index in [0.717, 1.165) is 49.7 Å². The number of aryl methyl sites for hydroxylation is 3. The topological polar surface area (TPSA) is 84.0 Å². The summed E-state index contributed by atoms with van der Waals surface area (Å²) in [6, 6.07) is 11.0. The average Bonchev–Trinajstić information content (AvgIpc) is 3.10. The van der Waals surface area contributed by atoms with E-state index in [-0.39, 0.29) is 30.8 Å². The van der Waals surface area contributed by atoms with E-state index < -0.39 is 17.9 Å². The van der Waals surface area contributed by atoms with E-state index in [1.54, 1.807) is 12.1 Å². The van der Waals surface area contributed by atoms with Gasteiger partial charge in [0.25, 0.3) is 11.8 Å². The highest BCUT2D eigenvalue weighted by atomic mass is 16.5. The van der Waals surface area contributed by atoms with Gasteiger partial charge in [0.2, 0.25) is 0 Å². The number of amides is 2. The number of imide groups is 1. The average molecular weight is 475 g/mol. The lowest BCUT2D eigenvalue weighted by Crippen LogP contribution is -2.47. The van der Waals surface area contributed by atoms with Gasteiger partial charge in [0, 0.05) is 26.1 Å². The second-order valence-corrected chi connectivity index (χ2v) is 9.71. The summed E-state index contributed by atoms with van der Waals surface area (Å²) in [7, 11) is 0. The molecular weight excluding hydrogens is 444 g/mol. The normalized spacial score (nSPS) is 21.1. The minimum Gasteiger partial charge on any atom is -0.379 e. The molecule has 0 bridgehead atoms. The zero-order valence-corrected chi connectivity index (χ0v) is 20.0. The quantitative estimate of drug-likeness (QED) is 0.473. The molecule has 2 aromatic rings. The van der Waals surface area contributed by atoms with E-state index >= 15 is 0 Å². The highest BCUT2D eigenvalue weighted by Gasteiger charge is 2.45. The third kappa shape index (κ3) is 4.70. The molecule has 7 nitrogen and oxygen atoms in total. The van der Waals surface area contributed by atoms with Crippen LogP contribution in [0.5, 0.6) is 0 Å². The zero-order chi connectivity index (χ0) is 24.5. The maximum absolute atomic E-state index is 13.3. The van der Waals surface area contributed by atoms with Gasteiger partial charge in [-0.2, -0.15) is 0 Å². The minimum atomic E-state index is -0.838. The van der Waals surface area contributed by atoms with Crippen LogP contribution in [-0.2, 0) is 33.7 Å². The Hall–Kier alpha value is -3.16. The highest BCUT2D eigenvalue weighted by molar-refractivity contribution is 6.24. The SMILES string of the molecule is Cc1cc(CCc2cccc3c2C(=O)N(C2CCC(=O)CC2=O)C3=O)ccc1CN1CCOCC1. The molecule has 2 heterocycles. The van der Waals surface area contributed by atoms with Crippen LogP contribution in [0.25, 0.3) is 0 Å². The summed E-state index contributed by atoms with van der Waals surface area (Å²) in [5.74, 6) is -1.31. The Morgan fingerprint density at radius 2 is 1.74 bits per heavy atom. The van der Waals surface area contributed by atoms with Gasteiger partial charge < -0.3 is 4.74 Å². The lowest BCUT2D eigenvalue weighted by molar-refractivity contribution is -0.132. The van der Waals surface area contributed by atoms with Gasteiger partial charge in [-0.1, -0.05) is 30.3 Å². The third-order valence-corrected chi connectivity index (χ3v) is 7.37. The van der Waals surface area contributed by atoms with Gasteiger partial charge in [0.1, 0.15) is 5.78 Å². The lowest BCUT2D eigenvalue weighted by atomic mass is 9.92. The Kier molecular flexibility index (Phi) is 6.62. The Bertz CT molecular complexity index is 1200. The second kappa shape index (κ2) is 9.84. The van der Waals surface area contributed by atoms with Crippen LogP contribution in [-0.4, -0.2) is 65.5 Å². The number of benzene rings is 2. The smallest absolute Gasteiger partial charge is 0.262 e. The summed E-state index contributed by atoms with van der Waals surface area (Å²) >= 11 is 0. The van der Waals surface area contributed by atoms with Crippen LogP contribution in [0.2, 0.25) is 0 Å². The molecule has 1 atom stereocenters. The van der Waals surface area contributed by atoms with Crippen LogP contribution in [0.15, 0.2) is 36.4 Å². The molecule has 2 amide bonds. The monoisotopic (exact) mass is 474 g/mol. The summed E-state index contributed by atoms with van der Waals surface area (Å²) in [5.41, 5.74) is 5.31. The number of carbonyl (C=O) groups excluding carboxylic acids is 4. The maximum Gasteiger partial charge on any atom is 0.262 e. The van der Waals surface area contributed by atoms with Crippen LogP contribution >= 0.6 is 0 Å². The van der Waals surface area contributed by atoms with E-state index in [2.05, 4.69) is 30.0 Å². The molecule has 3 aliphatic rings. The van der Waals surface area contributed by atoms with Crippen molar-refractivity contribution in [3.63, 3.8) is 0 Å². The fourth-order valence-electron chi connectivity index (χ4n) is 5.37. The summed E-state index contributed by atoms with van der Waals surface area (Å²) in [5, 5.41) is 0. The molecule has 5 rings (SSSR count). The molecule has 2 aromatic carbocycles. The number of morpholine rings is 1. The van der Waals surface area contributed by atoms with Crippen molar-refractivity contribution in [1.29, 1.82) is 0 Å².